The van der Waals surface area contributed by atoms with Gasteiger partial charge in [-0.3, -0.25) is 14.9 Å². The second kappa shape index (κ2) is 4.50. The van der Waals surface area contributed by atoms with E-state index in [-0.39, 0.29) is 15.8 Å². The molecule has 18 heavy (non-hydrogen) atoms. The number of sulfone groups is 1. The summed E-state index contributed by atoms with van der Waals surface area (Å²) in [5.74, 6) is -0.524. The molecule has 9 heteroatoms. The maximum Gasteiger partial charge on any atom is 0.290 e. The van der Waals surface area contributed by atoms with Crippen LogP contribution in [0.25, 0.3) is 6.08 Å². The molecule has 1 aliphatic rings. The minimum Gasteiger partial charge on any atom is -0.282 e. The molecule has 7 nitrogen and oxygen atoms in total. The Kier molecular flexibility index (Phi) is 3.18. The van der Waals surface area contributed by atoms with Gasteiger partial charge in [0.1, 0.15) is 0 Å². The topological polar surface area (TPSA) is 106 Å². The van der Waals surface area contributed by atoms with E-state index in [0.717, 1.165) is 18.0 Å². The lowest BCUT2D eigenvalue weighted by Crippen LogP contribution is -2.17. The first-order valence-corrected chi connectivity index (χ1v) is 7.35. The number of thioether (sulfide) groups is 1. The van der Waals surface area contributed by atoms with Crippen LogP contribution in [-0.2, 0) is 14.6 Å². The van der Waals surface area contributed by atoms with Gasteiger partial charge in [0.25, 0.3) is 11.1 Å². The molecule has 2 heterocycles. The van der Waals surface area contributed by atoms with E-state index in [0.29, 0.717) is 0 Å². The normalized spacial score (nSPS) is 18.2. The fourth-order valence-corrected chi connectivity index (χ4v) is 2.36. The summed E-state index contributed by atoms with van der Waals surface area (Å²) in [6, 6.07) is 1.44. The molecule has 2 amide bonds. The van der Waals surface area contributed by atoms with Gasteiger partial charge in [0.2, 0.25) is 15.0 Å². The minimum atomic E-state index is -3.51. The molecule has 0 spiro atoms. The van der Waals surface area contributed by atoms with Crippen LogP contribution in [0.1, 0.15) is 5.69 Å². The molecule has 1 aromatic heterocycles. The summed E-state index contributed by atoms with van der Waals surface area (Å²) in [5, 5.41) is 1.29. The van der Waals surface area contributed by atoms with Crippen molar-refractivity contribution in [1.82, 2.24) is 15.3 Å². The highest BCUT2D eigenvalue weighted by Crippen LogP contribution is 2.24. The van der Waals surface area contributed by atoms with E-state index in [1.54, 1.807) is 0 Å². The summed E-state index contributed by atoms with van der Waals surface area (Å²) < 4.78 is 22.5. The van der Waals surface area contributed by atoms with Gasteiger partial charge in [-0.1, -0.05) is 0 Å². The molecule has 0 unspecified atom stereocenters. The van der Waals surface area contributed by atoms with Crippen LogP contribution in [0.4, 0.5) is 4.79 Å². The van der Waals surface area contributed by atoms with Gasteiger partial charge in [-0.2, -0.15) is 0 Å². The molecule has 94 valence electrons. The molecule has 0 aliphatic carbocycles. The predicted molar refractivity (Wildman–Crippen MR) is 64.2 cm³/mol. The van der Waals surface area contributed by atoms with Crippen LogP contribution in [0.15, 0.2) is 22.3 Å². The fourth-order valence-electron chi connectivity index (χ4n) is 1.17. The Labute approximate surface area is 107 Å². The van der Waals surface area contributed by atoms with Crippen LogP contribution in [0.3, 0.4) is 0 Å². The van der Waals surface area contributed by atoms with Crippen LogP contribution in [0.2, 0.25) is 0 Å². The lowest BCUT2D eigenvalue weighted by atomic mass is 10.3. The number of nitrogens with zero attached hydrogens (tertiary/aromatic N) is 2. The van der Waals surface area contributed by atoms with E-state index < -0.39 is 21.0 Å². The maximum atomic E-state index is 11.3. The fraction of sp³-hybridized carbons (Fsp3) is 0.111. The van der Waals surface area contributed by atoms with Crippen LogP contribution in [-0.4, -0.2) is 35.8 Å². The summed E-state index contributed by atoms with van der Waals surface area (Å²) in [6.07, 6.45) is 3.59. The third-order valence-corrected chi connectivity index (χ3v) is 3.58. The summed E-state index contributed by atoms with van der Waals surface area (Å²) >= 11 is 0.734. The number of amides is 2. The quantitative estimate of drug-likeness (QED) is 0.611. The number of hydrogen-bond acceptors (Lipinski definition) is 7. The van der Waals surface area contributed by atoms with Crippen LogP contribution < -0.4 is 5.32 Å². The average Bonchev–Trinajstić information content (AvgIpc) is 2.56. The van der Waals surface area contributed by atoms with Gasteiger partial charge in [0, 0.05) is 12.5 Å². The molecule has 0 bridgehead atoms. The van der Waals surface area contributed by atoms with Crippen molar-refractivity contribution in [2.24, 2.45) is 0 Å². The Balaban J connectivity index is 2.39. The lowest BCUT2D eigenvalue weighted by molar-refractivity contribution is -0.115. The number of hydrogen-bond donors (Lipinski definition) is 1. The molecule has 0 radical (unpaired) electrons. The SMILES string of the molecule is CS(=O)(=O)c1nccc(/C=C2\SC(=O)NC2=O)n1. The lowest BCUT2D eigenvalue weighted by Gasteiger charge is -1.98. The Morgan fingerprint density at radius 1 is 1.39 bits per heavy atom. The van der Waals surface area contributed by atoms with Gasteiger partial charge < -0.3 is 0 Å². The second-order valence-electron chi connectivity index (χ2n) is 3.39. The Bertz CT molecular complexity index is 666. The number of nitrogens with one attached hydrogen (secondary N) is 1. The summed E-state index contributed by atoms with van der Waals surface area (Å²) in [6.45, 7) is 0. The first-order valence-electron chi connectivity index (χ1n) is 4.64. The molecule has 1 saturated heterocycles. The molecule has 1 aliphatic heterocycles. The van der Waals surface area contributed by atoms with Crippen molar-refractivity contribution in [2.75, 3.05) is 6.26 Å². The summed E-state index contributed by atoms with van der Waals surface area (Å²) in [4.78, 5) is 29.8. The number of aromatic nitrogens is 2. The standard InChI is InChI=1S/C9H7N3O4S2/c1-18(15,16)8-10-3-2-5(11-8)4-6-7(13)12-9(14)17-6/h2-4H,1H3,(H,12,13,14)/b6-4-. The molecular weight excluding hydrogens is 278 g/mol. The zero-order chi connectivity index (χ0) is 13.3. The highest BCUT2D eigenvalue weighted by atomic mass is 32.2. The Morgan fingerprint density at radius 2 is 2.11 bits per heavy atom. The highest BCUT2D eigenvalue weighted by Gasteiger charge is 2.25. The van der Waals surface area contributed by atoms with Gasteiger partial charge in [-0.15, -0.1) is 0 Å². The summed E-state index contributed by atoms with van der Waals surface area (Å²) in [7, 11) is -3.51. The van der Waals surface area contributed by atoms with Crippen molar-refractivity contribution in [3.05, 3.63) is 22.9 Å². The summed E-state index contributed by atoms with van der Waals surface area (Å²) in [5.41, 5.74) is 0.248. The molecule has 1 N–H and O–H groups in total. The molecule has 0 saturated carbocycles. The van der Waals surface area contributed by atoms with Crippen LogP contribution in [0, 0.1) is 0 Å². The van der Waals surface area contributed by atoms with E-state index in [2.05, 4.69) is 15.3 Å². The zero-order valence-corrected chi connectivity index (χ0v) is 10.7. The highest BCUT2D eigenvalue weighted by molar-refractivity contribution is 8.18. The predicted octanol–water partition coefficient (Wildman–Crippen LogP) is 0.204. The first kappa shape index (κ1) is 12.7. The van der Waals surface area contributed by atoms with Gasteiger partial charge >= 0.3 is 0 Å². The third kappa shape index (κ3) is 2.74. The minimum absolute atomic E-state index is 0.165. The number of carbonyl (C=O) groups excluding carboxylic acids is 2. The maximum absolute atomic E-state index is 11.3. The average molecular weight is 285 g/mol. The van der Waals surface area contributed by atoms with Crippen molar-refractivity contribution >= 4 is 38.8 Å². The van der Waals surface area contributed by atoms with Gasteiger partial charge in [0.15, 0.2) is 0 Å². The zero-order valence-electron chi connectivity index (χ0n) is 9.08. The molecule has 0 aromatic carbocycles. The van der Waals surface area contributed by atoms with Crippen molar-refractivity contribution in [2.45, 2.75) is 5.16 Å². The molecule has 1 aromatic rings. The second-order valence-corrected chi connectivity index (χ2v) is 6.31. The molecule has 0 atom stereocenters. The van der Waals surface area contributed by atoms with Crippen molar-refractivity contribution < 1.29 is 18.0 Å². The van der Waals surface area contributed by atoms with Crippen LogP contribution in [0.5, 0.6) is 0 Å². The molecule has 1 fully saturated rings. The van der Waals surface area contributed by atoms with Crippen molar-refractivity contribution in [3.8, 4) is 0 Å². The van der Waals surface area contributed by atoms with E-state index in [4.69, 9.17) is 0 Å². The van der Waals surface area contributed by atoms with Crippen molar-refractivity contribution in [1.29, 1.82) is 0 Å². The van der Waals surface area contributed by atoms with Crippen molar-refractivity contribution in [3.63, 3.8) is 0 Å². The van der Waals surface area contributed by atoms with Gasteiger partial charge in [-0.05, 0) is 23.9 Å². The largest absolute Gasteiger partial charge is 0.290 e. The molecular formula is C9H7N3O4S2. The van der Waals surface area contributed by atoms with Gasteiger partial charge in [-0.25, -0.2) is 18.4 Å². The van der Waals surface area contributed by atoms with E-state index >= 15 is 0 Å². The first-order chi connectivity index (χ1) is 8.36. The van der Waals surface area contributed by atoms with E-state index in [1.807, 2.05) is 0 Å². The monoisotopic (exact) mass is 285 g/mol. The number of rotatable bonds is 2. The Hall–Kier alpha value is -1.74. The third-order valence-electron chi connectivity index (χ3n) is 1.91. The Morgan fingerprint density at radius 3 is 2.67 bits per heavy atom. The van der Waals surface area contributed by atoms with E-state index in [1.165, 1.54) is 18.3 Å². The smallest absolute Gasteiger partial charge is 0.282 e. The number of imide groups is 1. The van der Waals surface area contributed by atoms with E-state index in [9.17, 15) is 18.0 Å². The number of carbonyl (C=O) groups is 2. The molecule has 2 rings (SSSR count). The van der Waals surface area contributed by atoms with Crippen LogP contribution >= 0.6 is 11.8 Å². The van der Waals surface area contributed by atoms with Gasteiger partial charge in [0.05, 0.1) is 10.6 Å².